The van der Waals surface area contributed by atoms with Crippen molar-refractivity contribution in [2.24, 2.45) is 5.10 Å². The molecule has 2 aromatic heterocycles. The maximum Gasteiger partial charge on any atom is 2.00 e. The predicted octanol–water partition coefficient (Wildman–Crippen LogP) is 2.54. The Hall–Kier alpha value is -2.34. The summed E-state index contributed by atoms with van der Waals surface area (Å²) in [6.45, 7) is 9.92. The second-order valence-electron chi connectivity index (χ2n) is 6.46. The van der Waals surface area contributed by atoms with E-state index in [1.165, 1.54) is 0 Å². The first-order chi connectivity index (χ1) is 12.9. The molecular formula is C19H23BN7Pt. The molecule has 9 heteroatoms. The van der Waals surface area contributed by atoms with Crippen LogP contribution in [0.15, 0.2) is 41.5 Å². The average molecular weight is 555 g/mol. The maximum atomic E-state index is 4.36. The Labute approximate surface area is 181 Å². The normalized spacial score (nSPS) is 12.5. The van der Waals surface area contributed by atoms with Crippen LogP contribution in [-0.4, -0.2) is 45.2 Å². The summed E-state index contributed by atoms with van der Waals surface area (Å²) in [7, 11) is 3.83. The molecule has 0 amide bonds. The van der Waals surface area contributed by atoms with Gasteiger partial charge in [0.25, 0.3) is 0 Å². The van der Waals surface area contributed by atoms with Crippen molar-refractivity contribution in [2.45, 2.75) is 27.7 Å². The zero-order valence-electron chi connectivity index (χ0n) is 16.6. The smallest absolute Gasteiger partial charge is 0.493 e. The summed E-state index contributed by atoms with van der Waals surface area (Å²) in [5, 5.41) is 14.6. The zero-order chi connectivity index (χ0) is 19.4. The number of benzene rings is 1. The number of aryl methyl sites for hydroxylation is 4. The predicted molar refractivity (Wildman–Crippen MR) is 108 cm³/mol. The topological polar surface area (TPSA) is 54.5 Å². The second-order valence-corrected chi connectivity index (χ2v) is 6.46. The Balaban J connectivity index is 0.000000198. The van der Waals surface area contributed by atoms with E-state index in [0.29, 0.717) is 0 Å². The molecule has 1 aromatic carbocycles. The molecule has 1 aliphatic rings. The van der Waals surface area contributed by atoms with Crippen molar-refractivity contribution in [3.63, 3.8) is 0 Å². The number of hydrazone groups is 1. The van der Waals surface area contributed by atoms with E-state index in [1.54, 1.807) is 11.3 Å². The Morgan fingerprint density at radius 3 is 1.96 bits per heavy atom. The summed E-state index contributed by atoms with van der Waals surface area (Å²) < 4.78 is 3.68. The Bertz CT molecular complexity index is 876. The molecule has 3 aromatic rings. The van der Waals surface area contributed by atoms with Crippen molar-refractivity contribution >= 4 is 19.6 Å². The third kappa shape index (κ3) is 5.58. The largest absolute Gasteiger partial charge is 2.00 e. The molecule has 28 heavy (non-hydrogen) atoms. The van der Waals surface area contributed by atoms with Crippen LogP contribution in [0.1, 0.15) is 22.8 Å². The monoisotopic (exact) mass is 555 g/mol. The van der Waals surface area contributed by atoms with Gasteiger partial charge in [-0.05, 0) is 46.9 Å². The molecule has 0 fully saturated rings. The third-order valence-electron chi connectivity index (χ3n) is 3.90. The molecule has 0 atom stereocenters. The Kier molecular flexibility index (Phi) is 7.63. The minimum Gasteiger partial charge on any atom is -0.493 e. The van der Waals surface area contributed by atoms with Crippen LogP contribution in [-0.2, 0) is 21.1 Å². The van der Waals surface area contributed by atoms with Crippen LogP contribution in [0.4, 0.5) is 5.69 Å². The molecule has 0 spiro atoms. The van der Waals surface area contributed by atoms with Gasteiger partial charge in [-0.25, -0.2) is 0 Å². The average Bonchev–Trinajstić information content (AvgIpc) is 3.29. The Morgan fingerprint density at radius 2 is 1.57 bits per heavy atom. The quantitative estimate of drug-likeness (QED) is 0.369. The molecule has 3 heterocycles. The van der Waals surface area contributed by atoms with E-state index < -0.39 is 0 Å². The molecule has 147 valence electrons. The van der Waals surface area contributed by atoms with Gasteiger partial charge in [-0.15, -0.1) is 12.7 Å². The SMILES string of the molecule is CN1C=NN(c2[c-]cccc2)[CH-]1.Cc1cc(C)n([B]n2nc(C)cc2C)n1.[Pt+2]. The summed E-state index contributed by atoms with van der Waals surface area (Å²) in [5.74, 6) is 0. The minimum absolute atomic E-state index is 0. The Morgan fingerprint density at radius 1 is 0.964 bits per heavy atom. The van der Waals surface area contributed by atoms with Gasteiger partial charge in [0, 0.05) is 11.4 Å². The van der Waals surface area contributed by atoms with Gasteiger partial charge in [-0.3, -0.25) is 9.19 Å². The van der Waals surface area contributed by atoms with Gasteiger partial charge in [0.1, 0.15) is 0 Å². The van der Waals surface area contributed by atoms with Gasteiger partial charge in [0.15, 0.2) is 0 Å². The summed E-state index contributed by atoms with van der Waals surface area (Å²) >= 11 is 0. The molecule has 1 radical (unpaired) electrons. The summed E-state index contributed by atoms with van der Waals surface area (Å²) in [5.41, 5.74) is 5.22. The number of rotatable bonds is 3. The first kappa shape index (κ1) is 22.0. The van der Waals surface area contributed by atoms with Crippen molar-refractivity contribution < 1.29 is 21.1 Å². The minimum atomic E-state index is 0. The van der Waals surface area contributed by atoms with Crippen molar-refractivity contribution in [3.05, 3.63) is 71.9 Å². The fourth-order valence-corrected chi connectivity index (χ4v) is 2.65. The summed E-state index contributed by atoms with van der Waals surface area (Å²) in [6, 6.07) is 14.9. The van der Waals surface area contributed by atoms with Crippen LogP contribution < -0.4 is 5.01 Å². The summed E-state index contributed by atoms with van der Waals surface area (Å²) in [4.78, 5) is 1.89. The van der Waals surface area contributed by atoms with E-state index in [1.807, 2.05) is 99.4 Å². The van der Waals surface area contributed by atoms with E-state index in [-0.39, 0.29) is 21.1 Å². The first-order valence-corrected chi connectivity index (χ1v) is 8.70. The fraction of sp³-hybridized carbons (Fsp3) is 0.263. The zero-order valence-corrected chi connectivity index (χ0v) is 18.9. The van der Waals surface area contributed by atoms with Crippen molar-refractivity contribution in [1.29, 1.82) is 0 Å². The fourth-order valence-electron chi connectivity index (χ4n) is 2.65. The van der Waals surface area contributed by atoms with Crippen molar-refractivity contribution in [3.8, 4) is 0 Å². The van der Waals surface area contributed by atoms with E-state index in [4.69, 9.17) is 0 Å². The molecule has 0 N–H and O–H groups in total. The molecule has 1 aliphatic heterocycles. The van der Waals surface area contributed by atoms with Gasteiger partial charge in [0.2, 0.25) is 0 Å². The number of anilines is 1. The van der Waals surface area contributed by atoms with E-state index >= 15 is 0 Å². The number of hydrogen-bond acceptors (Lipinski definition) is 5. The van der Waals surface area contributed by atoms with Gasteiger partial charge in [-0.2, -0.15) is 39.6 Å². The summed E-state index contributed by atoms with van der Waals surface area (Å²) in [6.07, 6.45) is 1.75. The second kappa shape index (κ2) is 9.74. The molecule has 0 bridgehead atoms. The molecular weight excluding hydrogens is 532 g/mol. The molecule has 0 saturated carbocycles. The molecule has 0 aliphatic carbocycles. The third-order valence-corrected chi connectivity index (χ3v) is 3.90. The number of nitrogens with zero attached hydrogens (tertiary/aromatic N) is 7. The van der Waals surface area contributed by atoms with Crippen LogP contribution in [0, 0.1) is 40.4 Å². The van der Waals surface area contributed by atoms with Crippen LogP contribution >= 0.6 is 0 Å². The molecule has 0 saturated heterocycles. The van der Waals surface area contributed by atoms with Gasteiger partial charge in [0.05, 0.1) is 17.7 Å². The standard InChI is InChI=1S/C10H14BN4.C9H9N3.Pt/c1-7-5-9(3)14(12-7)11-15-10(4)6-8(2)13-15;1-11-7-10-12(8-11)9-5-3-2-4-6-9;/h5-6H,1-4H3;2-5,7-8H,1H3;/q;-2;+2. The molecule has 7 nitrogen and oxygen atoms in total. The van der Waals surface area contributed by atoms with E-state index in [9.17, 15) is 0 Å². The molecule has 0 unspecified atom stereocenters. The van der Waals surface area contributed by atoms with Gasteiger partial charge in [-0.1, -0.05) is 5.69 Å². The van der Waals surface area contributed by atoms with Gasteiger partial charge >= 0.3 is 28.6 Å². The number of aromatic nitrogens is 4. The van der Waals surface area contributed by atoms with Gasteiger partial charge < -0.3 is 9.91 Å². The van der Waals surface area contributed by atoms with Crippen LogP contribution in [0.25, 0.3) is 0 Å². The van der Waals surface area contributed by atoms with Crippen molar-refractivity contribution in [2.75, 3.05) is 12.1 Å². The maximum absolute atomic E-state index is 4.36. The van der Waals surface area contributed by atoms with Crippen molar-refractivity contribution in [1.82, 2.24) is 24.3 Å². The van der Waals surface area contributed by atoms with E-state index in [2.05, 4.69) is 21.4 Å². The van der Waals surface area contributed by atoms with Crippen LogP contribution in [0.2, 0.25) is 0 Å². The number of hydrogen-bond donors (Lipinski definition) is 0. The first-order valence-electron chi connectivity index (χ1n) is 8.70. The molecule has 4 rings (SSSR count). The van der Waals surface area contributed by atoms with Crippen LogP contribution in [0.3, 0.4) is 0 Å². The van der Waals surface area contributed by atoms with Crippen LogP contribution in [0.5, 0.6) is 0 Å². The number of para-hydroxylation sites is 1. The van der Waals surface area contributed by atoms with E-state index in [0.717, 1.165) is 28.5 Å².